The van der Waals surface area contributed by atoms with Gasteiger partial charge in [-0.05, 0) is 29.8 Å². The standard InChI is InChI=1S/C16H8Cl2F3NO2/c17-10-5-11(18)13-12(6-10)22(15(24)14(13)23)7-8-1-3-9(4-2-8)16(19,20)21/h1-6H,7H2. The Labute approximate surface area is 144 Å². The summed E-state index contributed by atoms with van der Waals surface area (Å²) in [4.78, 5) is 25.3. The Morgan fingerprint density at radius 1 is 1.00 bits per heavy atom. The first-order chi connectivity index (χ1) is 11.2. The number of nitrogens with zero attached hydrogens (tertiary/aromatic N) is 1. The smallest absolute Gasteiger partial charge is 0.300 e. The molecule has 0 N–H and O–H groups in total. The van der Waals surface area contributed by atoms with Crippen LogP contribution in [-0.4, -0.2) is 11.7 Å². The molecule has 2 aromatic carbocycles. The van der Waals surface area contributed by atoms with Crippen LogP contribution < -0.4 is 4.90 Å². The van der Waals surface area contributed by atoms with Crippen molar-refractivity contribution in [3.05, 3.63) is 63.1 Å². The first kappa shape index (κ1) is 16.8. The summed E-state index contributed by atoms with van der Waals surface area (Å²) in [5.41, 5.74) is -0.0463. The molecule has 3 rings (SSSR count). The van der Waals surface area contributed by atoms with Crippen LogP contribution in [0.5, 0.6) is 0 Å². The van der Waals surface area contributed by atoms with E-state index in [2.05, 4.69) is 0 Å². The van der Waals surface area contributed by atoms with Crippen molar-refractivity contribution in [1.29, 1.82) is 0 Å². The second-order valence-electron chi connectivity index (χ2n) is 5.20. The number of carbonyl (C=O) groups is 2. The first-order valence-corrected chi connectivity index (χ1v) is 7.45. The van der Waals surface area contributed by atoms with Gasteiger partial charge in [-0.15, -0.1) is 0 Å². The van der Waals surface area contributed by atoms with Gasteiger partial charge < -0.3 is 4.90 Å². The fraction of sp³-hybridized carbons (Fsp3) is 0.125. The van der Waals surface area contributed by atoms with Gasteiger partial charge in [0.2, 0.25) is 0 Å². The maximum atomic E-state index is 12.6. The fourth-order valence-electron chi connectivity index (χ4n) is 2.48. The van der Waals surface area contributed by atoms with E-state index in [4.69, 9.17) is 23.2 Å². The Balaban J connectivity index is 1.94. The molecule has 124 valence electrons. The number of hydrogen-bond acceptors (Lipinski definition) is 2. The number of carbonyl (C=O) groups excluding carboxylic acids is 2. The Morgan fingerprint density at radius 3 is 2.21 bits per heavy atom. The summed E-state index contributed by atoms with van der Waals surface area (Å²) in [7, 11) is 0. The van der Waals surface area contributed by atoms with Crippen LogP contribution in [0.2, 0.25) is 10.0 Å². The third-order valence-electron chi connectivity index (χ3n) is 3.61. The van der Waals surface area contributed by atoms with Crippen molar-refractivity contribution in [1.82, 2.24) is 0 Å². The van der Waals surface area contributed by atoms with E-state index in [9.17, 15) is 22.8 Å². The van der Waals surface area contributed by atoms with Gasteiger partial charge in [-0.25, -0.2) is 0 Å². The molecule has 0 unspecified atom stereocenters. The minimum atomic E-state index is -4.44. The van der Waals surface area contributed by atoms with Crippen molar-refractivity contribution < 1.29 is 22.8 Å². The second-order valence-corrected chi connectivity index (χ2v) is 6.04. The average molecular weight is 374 g/mol. The minimum absolute atomic E-state index is 0.0537. The Kier molecular flexibility index (Phi) is 4.05. The van der Waals surface area contributed by atoms with Gasteiger partial charge in [0, 0.05) is 5.02 Å². The number of anilines is 1. The van der Waals surface area contributed by atoms with E-state index in [-0.39, 0.29) is 27.8 Å². The van der Waals surface area contributed by atoms with Crippen LogP contribution in [0.3, 0.4) is 0 Å². The summed E-state index contributed by atoms with van der Waals surface area (Å²) >= 11 is 11.9. The highest BCUT2D eigenvalue weighted by atomic mass is 35.5. The van der Waals surface area contributed by atoms with Crippen LogP contribution in [-0.2, 0) is 17.5 Å². The molecule has 0 bridgehead atoms. The van der Waals surface area contributed by atoms with E-state index in [1.54, 1.807) is 0 Å². The van der Waals surface area contributed by atoms with Crippen molar-refractivity contribution >= 4 is 40.6 Å². The highest BCUT2D eigenvalue weighted by Gasteiger charge is 2.38. The van der Waals surface area contributed by atoms with Gasteiger partial charge in [-0.2, -0.15) is 13.2 Å². The number of rotatable bonds is 2. The summed E-state index contributed by atoms with van der Waals surface area (Å²) in [5, 5.41) is 0.310. The molecule has 3 nitrogen and oxygen atoms in total. The minimum Gasteiger partial charge on any atom is -0.300 e. The lowest BCUT2D eigenvalue weighted by Gasteiger charge is -2.17. The summed E-state index contributed by atoms with van der Waals surface area (Å²) in [5.74, 6) is -1.56. The Hall–Kier alpha value is -2.05. The molecule has 0 saturated carbocycles. The topological polar surface area (TPSA) is 37.4 Å². The zero-order valence-corrected chi connectivity index (χ0v) is 13.3. The van der Waals surface area contributed by atoms with Crippen molar-refractivity contribution in [3.63, 3.8) is 0 Å². The SMILES string of the molecule is O=C1C(=O)N(Cc2ccc(C(F)(F)F)cc2)c2cc(Cl)cc(Cl)c21. The Morgan fingerprint density at radius 2 is 1.62 bits per heavy atom. The molecule has 0 aromatic heterocycles. The zero-order chi connectivity index (χ0) is 17.6. The molecule has 0 aliphatic carbocycles. The lowest BCUT2D eigenvalue weighted by Crippen LogP contribution is -2.29. The largest absolute Gasteiger partial charge is 0.416 e. The molecular weight excluding hydrogens is 366 g/mol. The maximum Gasteiger partial charge on any atom is 0.416 e. The molecule has 1 aliphatic heterocycles. The van der Waals surface area contributed by atoms with Gasteiger partial charge in [0.25, 0.3) is 11.7 Å². The van der Waals surface area contributed by atoms with Crippen LogP contribution in [0.1, 0.15) is 21.5 Å². The normalized spacial score (nSPS) is 14.3. The van der Waals surface area contributed by atoms with Gasteiger partial charge in [0.15, 0.2) is 0 Å². The molecule has 24 heavy (non-hydrogen) atoms. The van der Waals surface area contributed by atoms with E-state index in [1.165, 1.54) is 24.3 Å². The van der Waals surface area contributed by atoms with Crippen LogP contribution in [0.4, 0.5) is 18.9 Å². The predicted molar refractivity (Wildman–Crippen MR) is 83.4 cm³/mol. The molecule has 0 fully saturated rings. The van der Waals surface area contributed by atoms with Crippen LogP contribution in [0.25, 0.3) is 0 Å². The van der Waals surface area contributed by atoms with Crippen LogP contribution in [0, 0.1) is 0 Å². The van der Waals surface area contributed by atoms with Crippen molar-refractivity contribution in [2.45, 2.75) is 12.7 Å². The number of amides is 1. The fourth-order valence-corrected chi connectivity index (χ4v) is 3.04. The summed E-state index contributed by atoms with van der Waals surface area (Å²) in [6.07, 6.45) is -4.44. The van der Waals surface area contributed by atoms with Crippen molar-refractivity contribution in [3.8, 4) is 0 Å². The van der Waals surface area contributed by atoms with Crippen molar-refractivity contribution in [2.75, 3.05) is 4.90 Å². The van der Waals surface area contributed by atoms with Crippen LogP contribution in [0.15, 0.2) is 36.4 Å². The number of benzene rings is 2. The lowest BCUT2D eigenvalue weighted by molar-refractivity contribution is -0.137. The average Bonchev–Trinajstić information content (AvgIpc) is 2.72. The number of ketones is 1. The molecule has 0 saturated heterocycles. The molecule has 0 spiro atoms. The predicted octanol–water partition coefficient (Wildman–Crippen LogP) is 4.74. The molecule has 0 radical (unpaired) electrons. The first-order valence-electron chi connectivity index (χ1n) is 6.70. The lowest BCUT2D eigenvalue weighted by atomic mass is 10.1. The molecule has 0 atom stereocenters. The van der Waals surface area contributed by atoms with Gasteiger partial charge in [-0.1, -0.05) is 35.3 Å². The zero-order valence-electron chi connectivity index (χ0n) is 11.8. The number of Topliss-reactive ketones (excluding diaryl/α,β-unsaturated/α-hetero) is 1. The summed E-state index contributed by atoms with van der Waals surface area (Å²) < 4.78 is 37.8. The highest BCUT2D eigenvalue weighted by molar-refractivity contribution is 6.55. The number of halogens is 5. The van der Waals surface area contributed by atoms with Crippen molar-refractivity contribution in [2.24, 2.45) is 0 Å². The van der Waals surface area contributed by atoms with E-state index < -0.39 is 23.4 Å². The van der Waals surface area contributed by atoms with E-state index in [0.29, 0.717) is 5.56 Å². The quantitative estimate of drug-likeness (QED) is 0.712. The molecule has 8 heteroatoms. The number of fused-ring (bicyclic) bond motifs is 1. The van der Waals surface area contributed by atoms with E-state index >= 15 is 0 Å². The summed E-state index contributed by atoms with van der Waals surface area (Å²) in [6, 6.07) is 7.13. The maximum absolute atomic E-state index is 12.6. The Bertz CT molecular complexity index is 848. The van der Waals surface area contributed by atoms with Gasteiger partial charge in [0.05, 0.1) is 28.4 Å². The van der Waals surface area contributed by atoms with E-state index in [0.717, 1.165) is 17.0 Å². The van der Waals surface area contributed by atoms with E-state index in [1.807, 2.05) is 0 Å². The molecular formula is C16H8Cl2F3NO2. The third-order valence-corrected chi connectivity index (χ3v) is 4.13. The highest BCUT2D eigenvalue weighted by Crippen LogP contribution is 2.38. The molecule has 1 heterocycles. The molecule has 1 aliphatic rings. The molecule has 1 amide bonds. The number of hydrogen-bond donors (Lipinski definition) is 0. The monoisotopic (exact) mass is 373 g/mol. The second kappa shape index (κ2) is 5.79. The van der Waals surface area contributed by atoms with Crippen LogP contribution >= 0.6 is 23.2 Å². The number of alkyl halides is 3. The van der Waals surface area contributed by atoms with Gasteiger partial charge in [0.1, 0.15) is 0 Å². The van der Waals surface area contributed by atoms with Gasteiger partial charge >= 0.3 is 6.18 Å². The summed E-state index contributed by atoms with van der Waals surface area (Å²) in [6.45, 7) is -0.0631. The molecule has 2 aromatic rings. The van der Waals surface area contributed by atoms with Gasteiger partial charge in [-0.3, -0.25) is 9.59 Å². The third kappa shape index (κ3) is 2.87.